The lowest BCUT2D eigenvalue weighted by Gasteiger charge is -2.04. The number of aromatic hydroxyl groups is 1. The number of thiazole rings is 1. The van der Waals surface area contributed by atoms with Gasteiger partial charge in [0.1, 0.15) is 10.8 Å². The van der Waals surface area contributed by atoms with Gasteiger partial charge in [-0.3, -0.25) is 14.8 Å². The van der Waals surface area contributed by atoms with E-state index in [9.17, 15) is 18.3 Å². The van der Waals surface area contributed by atoms with Gasteiger partial charge in [0.05, 0.1) is 18.0 Å². The van der Waals surface area contributed by atoms with Gasteiger partial charge in [0.15, 0.2) is 5.13 Å². The average Bonchev–Trinajstić information content (AvgIpc) is 2.73. The first-order chi connectivity index (χ1) is 9.74. The molecule has 7 nitrogen and oxygen atoms in total. The number of aryl methyl sites for hydroxylation is 1. The van der Waals surface area contributed by atoms with E-state index in [1.54, 1.807) is 13.0 Å². The zero-order valence-electron chi connectivity index (χ0n) is 11.2. The van der Waals surface area contributed by atoms with Gasteiger partial charge in [0, 0.05) is 0 Å². The van der Waals surface area contributed by atoms with Crippen molar-refractivity contribution in [2.24, 2.45) is 0 Å². The topological polar surface area (TPSA) is 108 Å². The molecule has 0 atom stereocenters. The molecule has 0 saturated heterocycles. The fraction of sp³-hybridized carbons (Fsp3) is 0.167. The van der Waals surface area contributed by atoms with Gasteiger partial charge in [-0.05, 0) is 24.6 Å². The number of aromatic nitrogens is 1. The van der Waals surface area contributed by atoms with Gasteiger partial charge in [-0.2, -0.15) is 0 Å². The molecule has 3 N–H and O–H groups in total. The number of sulfonamides is 1. The van der Waals surface area contributed by atoms with Gasteiger partial charge in [-0.1, -0.05) is 17.4 Å². The molecular formula is C12H13N3O4S2. The zero-order valence-corrected chi connectivity index (χ0v) is 12.9. The van der Waals surface area contributed by atoms with Crippen molar-refractivity contribution in [1.29, 1.82) is 0 Å². The normalized spacial score (nSPS) is 11.1. The molecule has 2 rings (SSSR count). The van der Waals surface area contributed by atoms with Crippen LogP contribution in [-0.4, -0.2) is 30.7 Å². The number of carbonyl (C=O) groups is 1. The van der Waals surface area contributed by atoms with Crippen LogP contribution in [0.3, 0.4) is 0 Å². The molecule has 1 heterocycles. The van der Waals surface area contributed by atoms with Crippen LogP contribution in [0.2, 0.25) is 0 Å². The highest BCUT2D eigenvalue weighted by atomic mass is 32.2. The van der Waals surface area contributed by atoms with E-state index in [1.165, 1.54) is 18.3 Å². The molecule has 1 aromatic heterocycles. The SMILES string of the molecule is Cc1ccc(C(=O)Nc2ncc(NS(C)(=O)=O)s2)c(O)c1. The zero-order chi connectivity index (χ0) is 15.6. The number of carbonyl (C=O) groups excluding carboxylic acids is 1. The third-order valence-corrected chi connectivity index (χ3v) is 3.96. The molecule has 0 aliphatic heterocycles. The summed E-state index contributed by atoms with van der Waals surface area (Å²) in [4.78, 5) is 15.9. The Bertz CT molecular complexity index is 784. The molecule has 0 bridgehead atoms. The average molecular weight is 327 g/mol. The third kappa shape index (κ3) is 4.17. The van der Waals surface area contributed by atoms with Crippen LogP contribution in [0.1, 0.15) is 15.9 Å². The number of amides is 1. The molecule has 0 fully saturated rings. The van der Waals surface area contributed by atoms with Crippen molar-refractivity contribution in [3.63, 3.8) is 0 Å². The monoisotopic (exact) mass is 327 g/mol. The Kier molecular flexibility index (Phi) is 4.14. The summed E-state index contributed by atoms with van der Waals surface area (Å²) < 4.78 is 24.4. The smallest absolute Gasteiger partial charge is 0.261 e. The highest BCUT2D eigenvalue weighted by molar-refractivity contribution is 7.92. The molecular weight excluding hydrogens is 314 g/mol. The van der Waals surface area contributed by atoms with E-state index in [0.717, 1.165) is 23.2 Å². The van der Waals surface area contributed by atoms with Gasteiger partial charge in [0.2, 0.25) is 10.0 Å². The summed E-state index contributed by atoms with van der Waals surface area (Å²) in [6.07, 6.45) is 2.33. The summed E-state index contributed by atoms with van der Waals surface area (Å²) in [5, 5.41) is 12.7. The van der Waals surface area contributed by atoms with Crippen molar-refractivity contribution in [1.82, 2.24) is 4.98 Å². The molecule has 0 saturated carbocycles. The van der Waals surface area contributed by atoms with Crippen LogP contribution in [-0.2, 0) is 10.0 Å². The van der Waals surface area contributed by atoms with E-state index in [4.69, 9.17) is 0 Å². The fourth-order valence-electron chi connectivity index (χ4n) is 1.56. The number of hydrogen-bond donors (Lipinski definition) is 3. The second-order valence-electron chi connectivity index (χ2n) is 4.38. The maximum absolute atomic E-state index is 12.0. The van der Waals surface area contributed by atoms with Gasteiger partial charge in [-0.25, -0.2) is 13.4 Å². The Morgan fingerprint density at radius 2 is 2.10 bits per heavy atom. The van der Waals surface area contributed by atoms with E-state index >= 15 is 0 Å². The fourth-order valence-corrected chi connectivity index (χ4v) is 3.16. The number of anilines is 2. The largest absolute Gasteiger partial charge is 0.507 e. The predicted octanol–water partition coefficient (Wildman–Crippen LogP) is 1.78. The van der Waals surface area contributed by atoms with Gasteiger partial charge < -0.3 is 5.11 Å². The van der Waals surface area contributed by atoms with E-state index < -0.39 is 15.9 Å². The third-order valence-electron chi connectivity index (χ3n) is 2.41. The predicted molar refractivity (Wildman–Crippen MR) is 81.4 cm³/mol. The Morgan fingerprint density at radius 3 is 2.71 bits per heavy atom. The van der Waals surface area contributed by atoms with Crippen LogP contribution in [0.5, 0.6) is 5.75 Å². The molecule has 1 amide bonds. The minimum absolute atomic E-state index is 0.119. The van der Waals surface area contributed by atoms with Crippen molar-refractivity contribution in [3.8, 4) is 5.75 Å². The van der Waals surface area contributed by atoms with E-state index in [-0.39, 0.29) is 16.4 Å². The van der Waals surface area contributed by atoms with Crippen molar-refractivity contribution in [2.45, 2.75) is 6.92 Å². The molecule has 1 aromatic carbocycles. The first-order valence-corrected chi connectivity index (χ1v) is 8.50. The van der Waals surface area contributed by atoms with Crippen molar-refractivity contribution in [2.75, 3.05) is 16.3 Å². The molecule has 0 aliphatic carbocycles. The summed E-state index contributed by atoms with van der Waals surface area (Å²) in [5.74, 6) is -0.647. The lowest BCUT2D eigenvalue weighted by atomic mass is 10.1. The van der Waals surface area contributed by atoms with E-state index in [2.05, 4.69) is 15.0 Å². The van der Waals surface area contributed by atoms with E-state index in [1.807, 2.05) is 0 Å². The summed E-state index contributed by atoms with van der Waals surface area (Å²) in [6.45, 7) is 1.80. The second kappa shape index (κ2) is 5.70. The minimum atomic E-state index is -3.39. The van der Waals surface area contributed by atoms with Crippen LogP contribution in [0, 0.1) is 6.92 Å². The first-order valence-electron chi connectivity index (χ1n) is 5.79. The summed E-state index contributed by atoms with van der Waals surface area (Å²) in [6, 6.07) is 4.68. The van der Waals surface area contributed by atoms with Crippen LogP contribution in [0.15, 0.2) is 24.4 Å². The maximum atomic E-state index is 12.0. The standard InChI is InChI=1S/C12H13N3O4S2/c1-7-3-4-8(9(16)5-7)11(17)14-12-13-6-10(20-12)15-21(2,18)19/h3-6,15-16H,1-2H3,(H,13,14,17). The Labute approximate surface area is 125 Å². The number of phenolic OH excluding ortho intramolecular Hbond substituents is 1. The van der Waals surface area contributed by atoms with Crippen molar-refractivity contribution < 1.29 is 18.3 Å². The Balaban J connectivity index is 2.13. The number of nitrogens with zero attached hydrogens (tertiary/aromatic N) is 1. The first kappa shape index (κ1) is 15.3. The summed E-state index contributed by atoms with van der Waals surface area (Å²) in [7, 11) is -3.39. The highest BCUT2D eigenvalue weighted by Crippen LogP contribution is 2.25. The molecule has 0 radical (unpaired) electrons. The second-order valence-corrected chi connectivity index (χ2v) is 7.16. The molecule has 0 unspecified atom stereocenters. The van der Waals surface area contributed by atoms with Crippen LogP contribution in [0.25, 0.3) is 0 Å². The molecule has 9 heteroatoms. The molecule has 0 spiro atoms. The number of nitrogens with one attached hydrogen (secondary N) is 2. The van der Waals surface area contributed by atoms with Crippen molar-refractivity contribution >= 4 is 37.4 Å². The molecule has 2 aromatic rings. The minimum Gasteiger partial charge on any atom is -0.507 e. The summed E-state index contributed by atoms with van der Waals surface area (Å²) in [5.41, 5.74) is 0.950. The molecule has 21 heavy (non-hydrogen) atoms. The molecule has 112 valence electrons. The highest BCUT2D eigenvalue weighted by Gasteiger charge is 2.14. The number of benzene rings is 1. The van der Waals surface area contributed by atoms with Crippen LogP contribution >= 0.6 is 11.3 Å². The number of rotatable bonds is 4. The summed E-state index contributed by atoms with van der Waals surface area (Å²) >= 11 is 0.977. The van der Waals surface area contributed by atoms with Crippen LogP contribution < -0.4 is 10.0 Å². The number of hydrogen-bond acceptors (Lipinski definition) is 6. The Morgan fingerprint density at radius 1 is 1.38 bits per heavy atom. The lowest BCUT2D eigenvalue weighted by Crippen LogP contribution is -2.11. The molecule has 0 aliphatic rings. The van der Waals surface area contributed by atoms with Gasteiger partial charge >= 0.3 is 0 Å². The van der Waals surface area contributed by atoms with E-state index in [0.29, 0.717) is 5.00 Å². The quantitative estimate of drug-likeness (QED) is 0.793. The van der Waals surface area contributed by atoms with Crippen molar-refractivity contribution in [3.05, 3.63) is 35.5 Å². The Hall–Kier alpha value is -2.13. The lowest BCUT2D eigenvalue weighted by molar-refractivity contribution is 0.102. The maximum Gasteiger partial charge on any atom is 0.261 e. The van der Waals surface area contributed by atoms with Gasteiger partial charge in [0.25, 0.3) is 5.91 Å². The number of phenols is 1. The van der Waals surface area contributed by atoms with Gasteiger partial charge in [-0.15, -0.1) is 0 Å². The van der Waals surface area contributed by atoms with Crippen LogP contribution in [0.4, 0.5) is 10.1 Å².